The number of methoxy groups -OCH3 is 1. The lowest BCUT2D eigenvalue weighted by atomic mass is 9.92. The Hall–Kier alpha value is -0.420. The van der Waals surface area contributed by atoms with Crippen LogP contribution in [0.25, 0.3) is 5.57 Å². The highest BCUT2D eigenvalue weighted by atomic mass is 79.9. The Morgan fingerprint density at radius 2 is 1.68 bits per heavy atom. The van der Waals surface area contributed by atoms with Crippen molar-refractivity contribution >= 4 is 63.2 Å². The van der Waals surface area contributed by atoms with E-state index in [1.165, 1.54) is 12.1 Å². The lowest BCUT2D eigenvalue weighted by molar-refractivity contribution is -0.0436. The molecule has 0 N–H and O–H groups in total. The number of sulfone groups is 1. The van der Waals surface area contributed by atoms with Crippen LogP contribution in [0.3, 0.4) is 0 Å². The Balaban J connectivity index is 1.76. The first-order chi connectivity index (χ1) is 14.3. The molecule has 0 heterocycles. The van der Waals surface area contributed by atoms with Gasteiger partial charge in [0, 0.05) is 11.6 Å². The number of allylic oxidation sites excluding steroid dienone is 4. The predicted molar refractivity (Wildman–Crippen MR) is 124 cm³/mol. The molecule has 4 rings (SSSR count). The zero-order valence-corrected chi connectivity index (χ0v) is 21.8. The molecule has 0 radical (unpaired) electrons. The monoisotopic (exact) mass is 644 g/mol. The van der Waals surface area contributed by atoms with Crippen molar-refractivity contribution in [3.05, 3.63) is 57.6 Å². The molecule has 31 heavy (non-hydrogen) atoms. The maximum atomic E-state index is 12.9. The van der Waals surface area contributed by atoms with Gasteiger partial charge < -0.3 is 4.74 Å². The Bertz CT molecular complexity index is 1120. The third-order valence-corrected chi connectivity index (χ3v) is 12.0. The van der Waals surface area contributed by atoms with Crippen LogP contribution < -0.4 is 0 Å². The molecular weight excluding hydrogens is 629 g/mol. The van der Waals surface area contributed by atoms with E-state index in [1.807, 2.05) is 12.2 Å². The van der Waals surface area contributed by atoms with Crippen LogP contribution >= 0.6 is 47.8 Å². The van der Waals surface area contributed by atoms with E-state index in [9.17, 15) is 21.6 Å². The number of halogens is 6. The summed E-state index contributed by atoms with van der Waals surface area (Å²) in [6, 6.07) is 5.04. The van der Waals surface area contributed by atoms with Gasteiger partial charge in [0.2, 0.25) is 0 Å². The number of hydrogen-bond acceptors (Lipinski definition) is 3. The molecule has 3 aliphatic rings. The average molecular weight is 647 g/mol. The second kappa shape index (κ2) is 7.82. The van der Waals surface area contributed by atoms with Crippen LogP contribution in [0, 0.1) is 5.41 Å². The van der Waals surface area contributed by atoms with Crippen molar-refractivity contribution in [1.29, 1.82) is 0 Å². The summed E-state index contributed by atoms with van der Waals surface area (Å²) in [7, 11) is -3.76. The summed E-state index contributed by atoms with van der Waals surface area (Å²) in [6.07, 6.45) is 7.82. The molecule has 10 heteroatoms. The van der Waals surface area contributed by atoms with E-state index >= 15 is 0 Å². The van der Waals surface area contributed by atoms with E-state index in [-0.39, 0.29) is 10.2 Å². The van der Waals surface area contributed by atoms with Gasteiger partial charge in [0.05, 0.1) is 9.72 Å². The maximum absolute atomic E-state index is 12.9. The molecule has 1 saturated carbocycles. The summed E-state index contributed by atoms with van der Waals surface area (Å²) in [5.74, 6) is 0. The molecule has 3 aliphatic carbocycles. The zero-order chi connectivity index (χ0) is 22.8. The molecule has 1 fully saturated rings. The van der Waals surface area contributed by atoms with E-state index in [1.54, 1.807) is 7.11 Å². The molecule has 3 nitrogen and oxygen atoms in total. The van der Waals surface area contributed by atoms with Crippen molar-refractivity contribution < 1.29 is 26.3 Å². The van der Waals surface area contributed by atoms with Gasteiger partial charge in [-0.15, -0.1) is 0 Å². The van der Waals surface area contributed by atoms with Crippen molar-refractivity contribution in [3.8, 4) is 0 Å². The SMILES string of the molecule is COC1(Br)C=CC(C2=C(c3ccc(S(=O)(=O)C(F)(F)F)cc3)CC3(CC3)C2)=C(Br)C1Br. The molecular formula is C21H18Br3F3O3S. The van der Waals surface area contributed by atoms with Gasteiger partial charge in [-0.2, -0.15) is 13.2 Å². The van der Waals surface area contributed by atoms with Gasteiger partial charge in [-0.1, -0.05) is 50.1 Å². The second-order valence-electron chi connectivity index (χ2n) is 8.14. The average Bonchev–Trinajstić information content (AvgIpc) is 3.37. The Kier molecular flexibility index (Phi) is 5.99. The van der Waals surface area contributed by atoms with E-state index in [0.29, 0.717) is 0 Å². The van der Waals surface area contributed by atoms with Gasteiger partial charge in [-0.25, -0.2) is 8.42 Å². The Labute approximate surface area is 204 Å². The third kappa shape index (κ3) is 4.05. The van der Waals surface area contributed by atoms with Gasteiger partial charge in [-0.3, -0.25) is 0 Å². The van der Waals surface area contributed by atoms with Gasteiger partial charge in [0.25, 0.3) is 9.84 Å². The minimum Gasteiger partial charge on any atom is -0.362 e. The van der Waals surface area contributed by atoms with E-state index < -0.39 is 24.8 Å². The van der Waals surface area contributed by atoms with Gasteiger partial charge in [0.15, 0.2) is 4.51 Å². The van der Waals surface area contributed by atoms with Crippen molar-refractivity contribution in [1.82, 2.24) is 0 Å². The third-order valence-electron chi connectivity index (χ3n) is 6.18. The summed E-state index contributed by atoms with van der Waals surface area (Å²) in [4.78, 5) is -0.915. The summed E-state index contributed by atoms with van der Waals surface area (Å²) in [5.41, 5.74) is -1.19. The van der Waals surface area contributed by atoms with Gasteiger partial charge in [0.1, 0.15) is 0 Å². The topological polar surface area (TPSA) is 43.4 Å². The first-order valence-corrected chi connectivity index (χ1v) is 13.4. The van der Waals surface area contributed by atoms with Crippen LogP contribution in [-0.2, 0) is 14.6 Å². The lowest BCUT2D eigenvalue weighted by Crippen LogP contribution is -2.34. The molecule has 0 amide bonds. The summed E-state index contributed by atoms with van der Waals surface area (Å²) >= 11 is 11.0. The minimum atomic E-state index is -5.36. The van der Waals surface area contributed by atoms with Crippen LogP contribution in [-0.4, -0.2) is 30.4 Å². The Morgan fingerprint density at radius 3 is 2.19 bits per heavy atom. The number of hydrogen-bond donors (Lipinski definition) is 0. The molecule has 0 aromatic heterocycles. The lowest BCUT2D eigenvalue weighted by Gasteiger charge is -2.32. The molecule has 168 valence electrons. The molecule has 1 aromatic rings. The molecule has 2 unspecified atom stereocenters. The maximum Gasteiger partial charge on any atom is 0.501 e. The highest BCUT2D eigenvalue weighted by Gasteiger charge is 2.50. The quantitative estimate of drug-likeness (QED) is 0.330. The second-order valence-corrected chi connectivity index (χ2v) is 13.1. The van der Waals surface area contributed by atoms with Crippen LogP contribution in [0.1, 0.15) is 31.2 Å². The van der Waals surface area contributed by atoms with Gasteiger partial charge in [-0.05, 0) is 87.5 Å². The highest BCUT2D eigenvalue weighted by molar-refractivity contribution is 9.15. The summed E-state index contributed by atoms with van der Waals surface area (Å²) < 4.78 is 67.8. The predicted octanol–water partition coefficient (Wildman–Crippen LogP) is 7.03. The first-order valence-electron chi connectivity index (χ1n) is 9.45. The van der Waals surface area contributed by atoms with Crippen molar-refractivity contribution in [3.63, 3.8) is 0 Å². The Morgan fingerprint density at radius 1 is 1.10 bits per heavy atom. The van der Waals surface area contributed by atoms with Crippen LogP contribution in [0.4, 0.5) is 13.2 Å². The smallest absolute Gasteiger partial charge is 0.362 e. The standard InChI is InChI=1S/C21H18Br3F3O3S/c1-30-20(24)7-6-14(17(22)18(20)23)16-11-19(8-9-19)10-15(16)12-2-4-13(5-3-12)31(28,29)21(25,26)27/h2-7,18H,8-11H2,1H3. The van der Waals surface area contributed by atoms with Crippen molar-refractivity contribution in [2.45, 2.75) is 45.4 Å². The highest BCUT2D eigenvalue weighted by Crippen LogP contribution is 2.63. The first kappa shape index (κ1) is 23.7. The van der Waals surface area contributed by atoms with Crippen LogP contribution in [0.15, 0.2) is 56.9 Å². The largest absolute Gasteiger partial charge is 0.501 e. The number of ether oxygens (including phenoxy) is 1. The molecule has 0 bridgehead atoms. The molecule has 0 saturated heterocycles. The van der Waals surface area contributed by atoms with E-state index in [2.05, 4.69) is 47.8 Å². The van der Waals surface area contributed by atoms with Crippen LogP contribution in [0.5, 0.6) is 0 Å². The van der Waals surface area contributed by atoms with Crippen molar-refractivity contribution in [2.75, 3.05) is 7.11 Å². The number of alkyl halides is 5. The summed E-state index contributed by atoms with van der Waals surface area (Å²) in [6.45, 7) is 0. The molecule has 2 atom stereocenters. The molecule has 1 spiro atoms. The number of benzene rings is 1. The van der Waals surface area contributed by atoms with E-state index in [0.717, 1.165) is 64.6 Å². The fraction of sp³-hybridized carbons (Fsp3) is 0.429. The van der Waals surface area contributed by atoms with E-state index in [4.69, 9.17) is 4.74 Å². The molecule has 0 aliphatic heterocycles. The zero-order valence-electron chi connectivity index (χ0n) is 16.3. The summed E-state index contributed by atoms with van der Waals surface area (Å²) in [5, 5.41) is 0. The fourth-order valence-corrected chi connectivity index (χ4v) is 6.87. The minimum absolute atomic E-state index is 0.172. The molecule has 1 aromatic carbocycles. The van der Waals surface area contributed by atoms with Gasteiger partial charge >= 0.3 is 5.51 Å². The number of rotatable bonds is 4. The van der Waals surface area contributed by atoms with Crippen LogP contribution in [0.2, 0.25) is 0 Å². The van der Waals surface area contributed by atoms with Crippen molar-refractivity contribution in [2.24, 2.45) is 5.41 Å². The normalized spacial score (nSPS) is 28.0. The fourth-order valence-electron chi connectivity index (χ4n) is 4.15.